The van der Waals surface area contributed by atoms with Crippen LogP contribution in [0.4, 0.5) is 0 Å². The van der Waals surface area contributed by atoms with Crippen LogP contribution in [-0.4, -0.2) is 54.5 Å². The monoisotopic (exact) mass is 523 g/mol. The van der Waals surface area contributed by atoms with Crippen LogP contribution < -0.4 is 10.6 Å². The number of likely N-dealkylation sites (N-methyl/N-ethyl adjacent to an activating group) is 1. The molecule has 0 aromatic heterocycles. The van der Waals surface area contributed by atoms with Gasteiger partial charge in [-0.3, -0.25) is 9.59 Å². The average Bonchev–Trinajstić information content (AvgIpc) is 2.74. The number of nitrogens with one attached hydrogen (secondary N) is 2. The minimum Gasteiger partial charge on any atom is -0.374 e. The van der Waals surface area contributed by atoms with Gasteiger partial charge >= 0.3 is 0 Å². The summed E-state index contributed by atoms with van der Waals surface area (Å²) in [7, 11) is -2.49. The first-order chi connectivity index (χ1) is 16.5. The molecule has 5 saturated carbocycles. The van der Waals surface area contributed by atoms with Gasteiger partial charge in [0.25, 0.3) is 0 Å². The van der Waals surface area contributed by atoms with Crippen LogP contribution >= 0.6 is 11.6 Å². The summed E-state index contributed by atoms with van der Waals surface area (Å²) < 4.78 is 28.1. The topological polar surface area (TPSA) is 116 Å². The van der Waals surface area contributed by atoms with Gasteiger partial charge in [-0.15, -0.1) is 0 Å². The van der Waals surface area contributed by atoms with Crippen LogP contribution in [0, 0.1) is 23.2 Å². The fraction of sp³-hybridized carbons (Fsp3) is 0.680. The molecule has 5 fully saturated rings. The lowest BCUT2D eigenvalue weighted by Crippen LogP contribution is -2.68. The second-order valence-electron chi connectivity index (χ2n) is 11.2. The van der Waals surface area contributed by atoms with Crippen molar-refractivity contribution in [2.75, 3.05) is 7.05 Å². The lowest BCUT2D eigenvalue weighted by atomic mass is 9.47. The summed E-state index contributed by atoms with van der Waals surface area (Å²) in [5.41, 5.74) is -1.61. The van der Waals surface area contributed by atoms with Gasteiger partial charge in [-0.2, -0.15) is 4.31 Å². The quantitative estimate of drug-likeness (QED) is 0.475. The molecule has 3 atom stereocenters. The summed E-state index contributed by atoms with van der Waals surface area (Å²) in [5.74, 6) is 0.459. The van der Waals surface area contributed by atoms with Crippen molar-refractivity contribution in [3.8, 4) is 0 Å². The Morgan fingerprint density at radius 3 is 2.29 bits per heavy atom. The number of nitrogens with zero attached hydrogens (tertiary/aromatic N) is 1. The number of halogens is 1. The number of sulfonamides is 1. The second-order valence-corrected chi connectivity index (χ2v) is 13.5. The van der Waals surface area contributed by atoms with Gasteiger partial charge < -0.3 is 15.7 Å². The lowest BCUT2D eigenvalue weighted by molar-refractivity contribution is -0.154. The third-order valence-electron chi connectivity index (χ3n) is 9.07. The van der Waals surface area contributed by atoms with Gasteiger partial charge in [0.2, 0.25) is 21.8 Å². The smallest absolute Gasteiger partial charge is 0.245 e. The molecule has 8 nitrogen and oxygen atoms in total. The van der Waals surface area contributed by atoms with Gasteiger partial charge in [0.05, 0.1) is 10.4 Å². The van der Waals surface area contributed by atoms with E-state index in [1.165, 1.54) is 23.5 Å². The Hall–Kier alpha value is -1.68. The summed E-state index contributed by atoms with van der Waals surface area (Å²) >= 11 is 6.20. The predicted octanol–water partition coefficient (Wildman–Crippen LogP) is 2.65. The molecule has 0 heterocycles. The van der Waals surface area contributed by atoms with Crippen molar-refractivity contribution in [2.24, 2.45) is 23.2 Å². The molecule has 3 unspecified atom stereocenters. The summed E-state index contributed by atoms with van der Waals surface area (Å²) in [5, 5.41) is 15.8. The van der Waals surface area contributed by atoms with Crippen LogP contribution in [0.5, 0.6) is 0 Å². The van der Waals surface area contributed by atoms with Crippen LogP contribution in [0.3, 0.4) is 0 Å². The molecule has 6 rings (SSSR count). The van der Waals surface area contributed by atoms with Crippen LogP contribution in [-0.2, 0) is 19.6 Å². The Morgan fingerprint density at radius 1 is 1.11 bits per heavy atom. The van der Waals surface area contributed by atoms with Crippen LogP contribution in [0.1, 0.15) is 58.3 Å². The molecule has 4 bridgehead atoms. The number of hydrogen-bond donors (Lipinski definition) is 3. The van der Waals surface area contributed by atoms with Gasteiger partial charge in [0.1, 0.15) is 16.7 Å². The highest BCUT2D eigenvalue weighted by atomic mass is 35.5. The molecule has 0 saturated heterocycles. The number of amides is 2. The van der Waals surface area contributed by atoms with Gasteiger partial charge in [-0.1, -0.05) is 23.7 Å². The molecule has 192 valence electrons. The number of hydrogen-bond acceptors (Lipinski definition) is 5. The van der Waals surface area contributed by atoms with Gasteiger partial charge in [0.15, 0.2) is 0 Å². The molecule has 5 aliphatic carbocycles. The number of aliphatic hydroxyl groups is 1. The molecule has 35 heavy (non-hydrogen) atoms. The number of rotatable bonds is 7. The fourth-order valence-electron chi connectivity index (χ4n) is 7.39. The Morgan fingerprint density at radius 2 is 1.74 bits per heavy atom. The highest BCUT2D eigenvalue weighted by molar-refractivity contribution is 7.89. The van der Waals surface area contributed by atoms with E-state index in [1.807, 2.05) is 0 Å². The van der Waals surface area contributed by atoms with Crippen molar-refractivity contribution in [1.29, 1.82) is 0 Å². The third-order valence-corrected chi connectivity index (χ3v) is 11.5. The lowest BCUT2D eigenvalue weighted by Gasteiger charge is -2.59. The molecular weight excluding hydrogens is 490 g/mol. The van der Waals surface area contributed by atoms with E-state index < -0.39 is 27.2 Å². The summed E-state index contributed by atoms with van der Waals surface area (Å²) in [6.07, 6.45) is 4.95. The zero-order valence-electron chi connectivity index (χ0n) is 20.2. The first kappa shape index (κ1) is 25.0. The van der Waals surface area contributed by atoms with E-state index in [2.05, 4.69) is 10.6 Å². The van der Waals surface area contributed by atoms with Crippen LogP contribution in [0.25, 0.3) is 0 Å². The molecule has 2 amide bonds. The van der Waals surface area contributed by atoms with E-state index in [4.69, 9.17) is 11.6 Å². The molecule has 0 radical (unpaired) electrons. The average molecular weight is 524 g/mol. The molecule has 3 N–H and O–H groups in total. The minimum atomic E-state index is -3.96. The predicted molar refractivity (Wildman–Crippen MR) is 131 cm³/mol. The molecule has 0 spiro atoms. The molecule has 5 aliphatic rings. The van der Waals surface area contributed by atoms with Crippen molar-refractivity contribution in [1.82, 2.24) is 14.9 Å². The van der Waals surface area contributed by atoms with E-state index in [9.17, 15) is 23.1 Å². The van der Waals surface area contributed by atoms with Crippen molar-refractivity contribution in [3.05, 3.63) is 29.3 Å². The van der Waals surface area contributed by atoms with Crippen LogP contribution in [0.15, 0.2) is 29.2 Å². The van der Waals surface area contributed by atoms with Crippen LogP contribution in [0.2, 0.25) is 5.02 Å². The second kappa shape index (κ2) is 8.71. The van der Waals surface area contributed by atoms with E-state index in [0.717, 1.165) is 25.7 Å². The van der Waals surface area contributed by atoms with Crippen molar-refractivity contribution < 1.29 is 23.1 Å². The standard InChI is InChI=1S/C25H34ClN3O5S/c1-15(30)27-22(31)24-12-16-10-17(13-24)21(18(11-16)14-24)28-23(32)25(8-5-9-25)29(2)35(33,34)20-7-4-3-6-19(20)26/h3-4,6-7,15-18,21,30H,5,8-14H2,1-2H3,(H,27,31)(H,28,32). The summed E-state index contributed by atoms with van der Waals surface area (Å²) in [6, 6.07) is 6.23. The normalized spacial score (nSPS) is 33.7. The Balaban J connectivity index is 1.35. The largest absolute Gasteiger partial charge is 0.374 e. The first-order valence-electron chi connectivity index (χ1n) is 12.5. The number of benzene rings is 1. The van der Waals surface area contributed by atoms with E-state index in [-0.39, 0.29) is 39.6 Å². The van der Waals surface area contributed by atoms with Gasteiger partial charge in [-0.25, -0.2) is 8.42 Å². The maximum atomic E-state index is 13.7. The Bertz CT molecular complexity index is 1120. The zero-order chi connectivity index (χ0) is 25.2. The summed E-state index contributed by atoms with van der Waals surface area (Å²) in [4.78, 5) is 26.7. The van der Waals surface area contributed by atoms with Gasteiger partial charge in [-0.05, 0) is 88.2 Å². The van der Waals surface area contributed by atoms with E-state index in [1.54, 1.807) is 19.1 Å². The SMILES string of the molecule is CC(O)NC(=O)C12CC3CC(C1)C(NC(=O)C1(N(C)S(=O)(=O)c4ccccc4Cl)CCC1)C(C3)C2. The maximum absolute atomic E-state index is 13.7. The molecule has 1 aromatic carbocycles. The number of carbonyl (C=O) groups excluding carboxylic acids is 2. The highest BCUT2D eigenvalue weighted by Gasteiger charge is 2.60. The van der Waals surface area contributed by atoms with Crippen molar-refractivity contribution in [3.63, 3.8) is 0 Å². The van der Waals surface area contributed by atoms with Crippen molar-refractivity contribution in [2.45, 2.75) is 81.0 Å². The third kappa shape index (κ3) is 3.99. The highest BCUT2D eigenvalue weighted by Crippen LogP contribution is 2.60. The minimum absolute atomic E-state index is 0.00364. The molecule has 10 heteroatoms. The molecule has 0 aliphatic heterocycles. The number of aliphatic hydroxyl groups excluding tert-OH is 1. The van der Waals surface area contributed by atoms with E-state index >= 15 is 0 Å². The van der Waals surface area contributed by atoms with Gasteiger partial charge in [0, 0.05) is 13.1 Å². The molecular formula is C25H34ClN3O5S. The molecule has 1 aromatic rings. The van der Waals surface area contributed by atoms with E-state index in [0.29, 0.717) is 31.6 Å². The van der Waals surface area contributed by atoms with Crippen molar-refractivity contribution >= 4 is 33.4 Å². The fourth-order valence-corrected chi connectivity index (χ4v) is 9.41. The maximum Gasteiger partial charge on any atom is 0.245 e. The number of carbonyl (C=O) groups is 2. The summed E-state index contributed by atoms with van der Waals surface area (Å²) in [6.45, 7) is 1.55. The first-order valence-corrected chi connectivity index (χ1v) is 14.3. The Labute approximate surface area is 211 Å². The zero-order valence-corrected chi connectivity index (χ0v) is 21.7. The Kier molecular flexibility index (Phi) is 6.22.